The van der Waals surface area contributed by atoms with Gasteiger partial charge in [0.1, 0.15) is 0 Å². The van der Waals surface area contributed by atoms with Crippen LogP contribution in [0, 0.1) is 10.1 Å². The van der Waals surface area contributed by atoms with Crippen LogP contribution in [0.1, 0.15) is 0 Å². The predicted octanol–water partition coefficient (Wildman–Crippen LogP) is 1.96. The van der Waals surface area contributed by atoms with Crippen LogP contribution < -0.4 is 0 Å². The number of nitrogens with zero attached hydrogens (tertiary/aromatic N) is 1. The number of thioether (sulfide) groups is 1. The average molecular weight is 169 g/mol. The van der Waals surface area contributed by atoms with Gasteiger partial charge >= 0.3 is 0 Å². The van der Waals surface area contributed by atoms with Gasteiger partial charge in [-0.3, -0.25) is 10.1 Å². The van der Waals surface area contributed by atoms with Crippen molar-refractivity contribution in [2.24, 2.45) is 0 Å². The molecule has 1 aliphatic heterocycles. The van der Waals surface area contributed by atoms with E-state index in [4.69, 9.17) is 0 Å². The number of allylic oxidation sites excluding steroid dienone is 4. The Labute approximate surface area is 68.6 Å². The van der Waals surface area contributed by atoms with Crippen LogP contribution in [-0.4, -0.2) is 10.3 Å². The molecule has 0 aromatic heterocycles. The first-order chi connectivity index (χ1) is 5.30. The molecule has 0 bridgehead atoms. The van der Waals surface area contributed by atoms with Crippen molar-refractivity contribution in [3.8, 4) is 0 Å². The Morgan fingerprint density at radius 1 is 1.27 bits per heavy atom. The zero-order valence-electron chi connectivity index (χ0n) is 5.71. The monoisotopic (exact) mass is 169 g/mol. The molecule has 11 heavy (non-hydrogen) atoms. The number of hydrogen-bond donors (Lipinski definition) is 0. The van der Waals surface area contributed by atoms with E-state index in [2.05, 4.69) is 0 Å². The second kappa shape index (κ2) is 3.98. The molecule has 0 N–H and O–H groups in total. The van der Waals surface area contributed by atoms with E-state index in [1.165, 1.54) is 11.8 Å². The highest BCUT2D eigenvalue weighted by Crippen LogP contribution is 2.15. The smallest absolute Gasteiger partial charge is 0.263 e. The Morgan fingerprint density at radius 2 is 2.00 bits per heavy atom. The molecule has 0 saturated carbocycles. The van der Waals surface area contributed by atoms with Gasteiger partial charge in [-0.25, -0.2) is 0 Å². The van der Waals surface area contributed by atoms with Crippen LogP contribution in [-0.2, 0) is 0 Å². The van der Waals surface area contributed by atoms with Gasteiger partial charge in [-0.05, 0) is 5.41 Å². The molecule has 0 aromatic rings. The Hall–Kier alpha value is -1.03. The summed E-state index contributed by atoms with van der Waals surface area (Å²) in [5, 5.41) is 11.4. The standard InChI is InChI=1S/C7H7NO2S/c9-8(10)7-5-3-1-2-4-6-11-7/h1-7H/b2-1-,5-3-,6-4-. The molecule has 0 spiro atoms. The third-order valence-electron chi connectivity index (χ3n) is 1.11. The first-order valence-electron chi connectivity index (χ1n) is 3.09. The van der Waals surface area contributed by atoms with Crippen molar-refractivity contribution in [3.05, 3.63) is 45.9 Å². The number of rotatable bonds is 1. The second-order valence-corrected chi connectivity index (χ2v) is 2.94. The van der Waals surface area contributed by atoms with Gasteiger partial charge in [0.25, 0.3) is 5.37 Å². The third kappa shape index (κ3) is 2.59. The lowest BCUT2D eigenvalue weighted by Gasteiger charge is -1.99. The van der Waals surface area contributed by atoms with Crippen molar-refractivity contribution in [2.45, 2.75) is 5.37 Å². The van der Waals surface area contributed by atoms with E-state index in [-0.39, 0.29) is 4.92 Å². The molecule has 0 amide bonds. The largest absolute Gasteiger partial charge is 0.280 e. The maximum atomic E-state index is 10.3. The van der Waals surface area contributed by atoms with Gasteiger partial charge < -0.3 is 0 Å². The fourth-order valence-corrected chi connectivity index (χ4v) is 1.25. The topological polar surface area (TPSA) is 43.1 Å². The molecule has 1 unspecified atom stereocenters. The van der Waals surface area contributed by atoms with Crippen LogP contribution in [0.2, 0.25) is 0 Å². The summed E-state index contributed by atoms with van der Waals surface area (Å²) in [6.45, 7) is 0. The van der Waals surface area contributed by atoms with Crippen LogP contribution >= 0.6 is 11.8 Å². The highest BCUT2D eigenvalue weighted by molar-refractivity contribution is 8.02. The van der Waals surface area contributed by atoms with Gasteiger partial charge in [-0.15, -0.1) is 0 Å². The molecule has 1 heterocycles. The summed E-state index contributed by atoms with van der Waals surface area (Å²) in [6.07, 6.45) is 8.63. The van der Waals surface area contributed by atoms with Crippen molar-refractivity contribution < 1.29 is 4.92 Å². The molecule has 58 valence electrons. The van der Waals surface area contributed by atoms with Gasteiger partial charge in [0.2, 0.25) is 0 Å². The van der Waals surface area contributed by atoms with E-state index in [1.54, 1.807) is 29.7 Å². The first-order valence-corrected chi connectivity index (χ1v) is 4.04. The Bertz CT molecular complexity index is 233. The van der Waals surface area contributed by atoms with Crippen LogP contribution in [0.3, 0.4) is 0 Å². The van der Waals surface area contributed by atoms with Gasteiger partial charge in [0.05, 0.1) is 0 Å². The summed E-state index contributed by atoms with van der Waals surface area (Å²) < 4.78 is 0. The minimum Gasteiger partial charge on any atom is -0.263 e. The van der Waals surface area contributed by atoms with E-state index in [9.17, 15) is 10.1 Å². The van der Waals surface area contributed by atoms with Crippen molar-refractivity contribution >= 4 is 11.8 Å². The molecule has 0 radical (unpaired) electrons. The summed E-state index contributed by atoms with van der Waals surface area (Å²) in [5.41, 5.74) is 0. The van der Waals surface area contributed by atoms with Gasteiger partial charge in [-0.2, -0.15) is 0 Å². The molecule has 1 rings (SSSR count). The normalized spacial score (nSPS) is 31.5. The molecule has 4 heteroatoms. The highest BCUT2D eigenvalue weighted by atomic mass is 32.2. The number of hydrogen-bond acceptors (Lipinski definition) is 3. The van der Waals surface area contributed by atoms with Crippen LogP contribution in [0.5, 0.6) is 0 Å². The highest BCUT2D eigenvalue weighted by Gasteiger charge is 2.13. The maximum absolute atomic E-state index is 10.3. The minimum absolute atomic E-state index is 0.315. The third-order valence-corrected chi connectivity index (χ3v) is 2.04. The Kier molecular flexibility index (Phi) is 2.92. The van der Waals surface area contributed by atoms with E-state index in [1.807, 2.05) is 6.08 Å². The molecular formula is C7H7NO2S. The lowest BCUT2D eigenvalue weighted by molar-refractivity contribution is -0.482. The minimum atomic E-state index is -0.642. The number of nitro groups is 1. The average Bonchev–Trinajstić information content (AvgIpc) is 1.84. The molecule has 0 aliphatic carbocycles. The summed E-state index contributed by atoms with van der Waals surface area (Å²) in [6, 6.07) is 0. The van der Waals surface area contributed by atoms with E-state index in [0.29, 0.717) is 0 Å². The Morgan fingerprint density at radius 3 is 2.73 bits per heavy atom. The summed E-state index contributed by atoms with van der Waals surface area (Å²) in [7, 11) is 0. The van der Waals surface area contributed by atoms with Crippen LogP contribution in [0.25, 0.3) is 0 Å². The summed E-state index contributed by atoms with van der Waals surface area (Å²) in [4.78, 5) is 9.98. The predicted molar refractivity (Wildman–Crippen MR) is 45.8 cm³/mol. The van der Waals surface area contributed by atoms with Crippen molar-refractivity contribution in [1.82, 2.24) is 0 Å². The van der Waals surface area contributed by atoms with Crippen LogP contribution in [0.15, 0.2) is 35.8 Å². The SMILES string of the molecule is O=[N+]([O-])C1\C=C/C=C\C=C/S1. The lowest BCUT2D eigenvalue weighted by atomic mass is 10.4. The fourth-order valence-electron chi connectivity index (χ4n) is 0.624. The second-order valence-electron chi connectivity index (χ2n) is 1.91. The van der Waals surface area contributed by atoms with E-state index >= 15 is 0 Å². The van der Waals surface area contributed by atoms with Gasteiger partial charge in [0, 0.05) is 11.0 Å². The van der Waals surface area contributed by atoms with Crippen molar-refractivity contribution in [1.29, 1.82) is 0 Å². The Balaban J connectivity index is 2.68. The van der Waals surface area contributed by atoms with Crippen LogP contribution in [0.4, 0.5) is 0 Å². The summed E-state index contributed by atoms with van der Waals surface area (Å²) >= 11 is 1.19. The van der Waals surface area contributed by atoms with Gasteiger partial charge in [0.15, 0.2) is 0 Å². The summed E-state index contributed by atoms with van der Waals surface area (Å²) in [5.74, 6) is 0. The molecule has 0 saturated heterocycles. The molecule has 0 fully saturated rings. The molecule has 1 aliphatic rings. The van der Waals surface area contributed by atoms with Crippen molar-refractivity contribution in [3.63, 3.8) is 0 Å². The lowest BCUT2D eigenvalue weighted by Crippen LogP contribution is -2.10. The molecular weight excluding hydrogens is 162 g/mol. The van der Waals surface area contributed by atoms with Crippen molar-refractivity contribution in [2.75, 3.05) is 0 Å². The molecule has 3 nitrogen and oxygen atoms in total. The zero-order chi connectivity index (χ0) is 8.10. The molecule has 1 atom stereocenters. The van der Waals surface area contributed by atoms with Gasteiger partial charge in [-0.1, -0.05) is 36.1 Å². The van der Waals surface area contributed by atoms with E-state index < -0.39 is 5.37 Å². The maximum Gasteiger partial charge on any atom is 0.280 e. The quantitative estimate of drug-likeness (QED) is 0.445. The first kappa shape index (κ1) is 8.07. The fraction of sp³-hybridized carbons (Fsp3) is 0.143. The molecule has 0 aromatic carbocycles. The zero-order valence-corrected chi connectivity index (χ0v) is 6.53. The van der Waals surface area contributed by atoms with E-state index in [0.717, 1.165) is 0 Å².